The molecule has 0 N–H and O–H groups in total. The second-order valence-corrected chi connectivity index (χ2v) is 14.4. The van der Waals surface area contributed by atoms with E-state index in [1.165, 1.54) is 25.7 Å². The molecule has 0 radical (unpaired) electrons. The maximum atomic E-state index is 4.98. The van der Waals surface area contributed by atoms with E-state index in [0.29, 0.717) is 0 Å². The van der Waals surface area contributed by atoms with Gasteiger partial charge in [-0.1, -0.05) is 40.2 Å². The summed E-state index contributed by atoms with van der Waals surface area (Å²) in [5, 5.41) is 0.825. The van der Waals surface area contributed by atoms with Crippen LogP contribution < -0.4 is 0 Å². The van der Waals surface area contributed by atoms with Crippen molar-refractivity contribution in [2.24, 2.45) is 17.8 Å². The molecule has 2 heterocycles. The molecule has 26 heavy (non-hydrogen) atoms. The Hall–Kier alpha value is 0.941. The third kappa shape index (κ3) is 3.85. The SMILES string of the molecule is C[N-][Si](C)(C)C1C2SC(C)=CC2C2C3CCCCC3N(C)C21.[CH3-].[CH3-].[CH3-].[Ti+4]. The molecule has 2 aliphatic heterocycles. The van der Waals surface area contributed by atoms with Crippen LogP contribution in [0.25, 0.3) is 4.98 Å². The zero-order chi connectivity index (χ0) is 15.6. The van der Waals surface area contributed by atoms with E-state index >= 15 is 0 Å². The van der Waals surface area contributed by atoms with Crippen molar-refractivity contribution < 1.29 is 21.7 Å². The Morgan fingerprint density at radius 1 is 1.15 bits per heavy atom. The quantitative estimate of drug-likeness (QED) is 0.393. The normalized spacial score (nSPS) is 40.7. The molecule has 0 aromatic rings. The van der Waals surface area contributed by atoms with Gasteiger partial charge in [-0.2, -0.15) is 7.05 Å². The predicted molar refractivity (Wildman–Crippen MR) is 119 cm³/mol. The smallest absolute Gasteiger partial charge is 0.667 e. The van der Waals surface area contributed by atoms with E-state index in [1.807, 2.05) is 0 Å². The van der Waals surface area contributed by atoms with Crippen molar-refractivity contribution in [3.05, 3.63) is 38.2 Å². The number of likely N-dealkylation sites (tertiary alicyclic amines) is 1. The van der Waals surface area contributed by atoms with Crippen LogP contribution in [0.15, 0.2) is 11.0 Å². The van der Waals surface area contributed by atoms with Gasteiger partial charge in [0.25, 0.3) is 0 Å². The summed E-state index contributed by atoms with van der Waals surface area (Å²) in [5.74, 6) is 2.72. The minimum Gasteiger partial charge on any atom is -0.667 e. The Labute approximate surface area is 184 Å². The van der Waals surface area contributed by atoms with Crippen LogP contribution in [0.5, 0.6) is 0 Å². The van der Waals surface area contributed by atoms with Crippen LogP contribution in [0.4, 0.5) is 0 Å². The van der Waals surface area contributed by atoms with E-state index in [1.54, 1.807) is 4.91 Å². The zero-order valence-electron chi connectivity index (χ0n) is 18.2. The van der Waals surface area contributed by atoms with E-state index < -0.39 is 8.24 Å². The van der Waals surface area contributed by atoms with Crippen LogP contribution >= 0.6 is 11.8 Å². The van der Waals surface area contributed by atoms with Gasteiger partial charge in [0.15, 0.2) is 0 Å². The maximum Gasteiger partial charge on any atom is 4.00 e. The Morgan fingerprint density at radius 2 is 1.77 bits per heavy atom. The molecule has 0 aromatic carbocycles. The van der Waals surface area contributed by atoms with Gasteiger partial charge in [-0.3, -0.25) is 4.90 Å². The summed E-state index contributed by atoms with van der Waals surface area (Å²) < 4.78 is 0. The predicted octanol–water partition coefficient (Wildman–Crippen LogP) is 6.05. The van der Waals surface area contributed by atoms with Crippen molar-refractivity contribution in [2.75, 3.05) is 14.1 Å². The molecule has 7 atom stereocenters. The summed E-state index contributed by atoms with van der Waals surface area (Å²) in [5.41, 5.74) is 0.835. The molecule has 0 amide bonds. The first kappa shape index (κ1) is 26.9. The Bertz CT molecular complexity index is 498. The van der Waals surface area contributed by atoms with Crippen LogP contribution in [0.3, 0.4) is 0 Å². The monoisotopic (exact) mass is 428 g/mol. The van der Waals surface area contributed by atoms with Gasteiger partial charge < -0.3 is 27.3 Å². The fourth-order valence-corrected chi connectivity index (χ4v) is 11.6. The van der Waals surface area contributed by atoms with Crippen molar-refractivity contribution in [2.45, 2.75) is 68.6 Å². The number of nitrogens with zero attached hydrogens (tertiary/aromatic N) is 2. The number of allylic oxidation sites excluding steroid dienone is 2. The average molecular weight is 429 g/mol. The first-order valence-electron chi connectivity index (χ1n) is 9.13. The van der Waals surface area contributed by atoms with Crippen molar-refractivity contribution in [1.82, 2.24) is 4.90 Å². The van der Waals surface area contributed by atoms with Crippen LogP contribution in [-0.2, 0) is 21.7 Å². The molecular formula is C21H40N2SSiTi. The first-order chi connectivity index (χ1) is 10.5. The van der Waals surface area contributed by atoms with Gasteiger partial charge in [-0.25, -0.2) is 0 Å². The van der Waals surface area contributed by atoms with Gasteiger partial charge in [0.2, 0.25) is 0 Å². The molecule has 0 spiro atoms. The molecule has 2 aliphatic carbocycles. The third-order valence-corrected chi connectivity index (χ3v) is 12.5. The largest absolute Gasteiger partial charge is 4.00 e. The van der Waals surface area contributed by atoms with Crippen molar-refractivity contribution >= 4 is 20.0 Å². The Balaban J connectivity index is 0.00000156. The van der Waals surface area contributed by atoms with Gasteiger partial charge in [0, 0.05) is 17.3 Å². The first-order valence-corrected chi connectivity index (χ1v) is 13.0. The Morgan fingerprint density at radius 3 is 2.38 bits per heavy atom. The molecule has 0 bridgehead atoms. The summed E-state index contributed by atoms with van der Waals surface area (Å²) in [7, 11) is 3.02. The molecule has 5 heteroatoms. The van der Waals surface area contributed by atoms with E-state index in [0.717, 1.165) is 40.6 Å². The number of thioether (sulfide) groups is 1. The van der Waals surface area contributed by atoms with Gasteiger partial charge in [-0.05, 0) is 55.0 Å². The molecule has 148 valence electrons. The summed E-state index contributed by atoms with van der Waals surface area (Å²) in [4.78, 5) is 9.39. The number of rotatable bonds is 2. The topological polar surface area (TPSA) is 17.3 Å². The van der Waals surface area contributed by atoms with Crippen LogP contribution in [0.2, 0.25) is 18.6 Å². The van der Waals surface area contributed by atoms with E-state index in [-0.39, 0.29) is 44.0 Å². The minimum absolute atomic E-state index is 0. The van der Waals surface area contributed by atoms with Crippen molar-refractivity contribution in [1.29, 1.82) is 0 Å². The number of hydrogen-bond donors (Lipinski definition) is 0. The Kier molecular flexibility index (Phi) is 9.98. The minimum atomic E-state index is -1.52. The van der Waals surface area contributed by atoms with Gasteiger partial charge in [-0.15, -0.1) is 11.8 Å². The summed E-state index contributed by atoms with van der Waals surface area (Å²) >= 11 is 2.19. The third-order valence-electron chi connectivity index (χ3n) is 7.35. The second-order valence-electron chi connectivity index (χ2n) is 8.59. The number of fused-ring (bicyclic) bond motifs is 5. The molecule has 0 aromatic heterocycles. The van der Waals surface area contributed by atoms with Gasteiger partial charge >= 0.3 is 21.7 Å². The molecule has 2 nitrogen and oxygen atoms in total. The number of hydrogen-bond acceptors (Lipinski definition) is 2. The van der Waals surface area contributed by atoms with E-state index in [4.69, 9.17) is 4.98 Å². The average Bonchev–Trinajstić information content (AvgIpc) is 3.08. The van der Waals surface area contributed by atoms with Crippen LogP contribution in [0.1, 0.15) is 32.6 Å². The van der Waals surface area contributed by atoms with Crippen LogP contribution in [-0.4, -0.2) is 44.6 Å². The second kappa shape index (κ2) is 9.63. The molecule has 3 fully saturated rings. The van der Waals surface area contributed by atoms with E-state index in [9.17, 15) is 0 Å². The molecule has 1 saturated heterocycles. The fraction of sp³-hybridized carbons (Fsp3) is 0.762. The fourth-order valence-electron chi connectivity index (χ4n) is 6.35. The van der Waals surface area contributed by atoms with E-state index in [2.05, 4.69) is 56.9 Å². The van der Waals surface area contributed by atoms with Gasteiger partial charge in [0.1, 0.15) is 0 Å². The molecule has 7 unspecified atom stereocenters. The summed E-state index contributed by atoms with van der Waals surface area (Å²) in [6.07, 6.45) is 8.49. The zero-order valence-corrected chi connectivity index (χ0v) is 21.6. The summed E-state index contributed by atoms with van der Waals surface area (Å²) in [6.45, 7) is 7.37. The maximum absolute atomic E-state index is 4.98. The molecule has 2 saturated carbocycles. The summed E-state index contributed by atoms with van der Waals surface area (Å²) in [6, 6.07) is 1.68. The van der Waals surface area contributed by atoms with Crippen LogP contribution in [0, 0.1) is 40.0 Å². The molecule has 4 aliphatic rings. The standard InChI is InChI=1S/C18H31N2SSi.3CH3.Ti/c1-11-10-13-15-12-8-6-7-9-14(12)20(3)16(15)18(17(13)21-11)22(4,5)19-2;;;;/h10,12-18H,6-9H2,1-5H3;3*1H3;/q4*-1;+4. The van der Waals surface area contributed by atoms with Crippen molar-refractivity contribution in [3.8, 4) is 0 Å². The molecule has 4 rings (SSSR count). The molecular weight excluding hydrogens is 388 g/mol. The van der Waals surface area contributed by atoms with Crippen molar-refractivity contribution in [3.63, 3.8) is 0 Å². The van der Waals surface area contributed by atoms with Gasteiger partial charge in [0.05, 0.1) is 0 Å².